The van der Waals surface area contributed by atoms with Crippen molar-refractivity contribution in [1.29, 1.82) is 0 Å². The Kier molecular flexibility index (Phi) is 5.69. The number of furan rings is 1. The Labute approximate surface area is 177 Å². The summed E-state index contributed by atoms with van der Waals surface area (Å²) in [5.41, 5.74) is 1.46. The summed E-state index contributed by atoms with van der Waals surface area (Å²) in [6, 6.07) is 9.08. The zero-order valence-electron chi connectivity index (χ0n) is 17.3. The normalized spacial score (nSPS) is 10.8. The molecule has 0 saturated carbocycles. The van der Waals surface area contributed by atoms with Gasteiger partial charge in [-0.15, -0.1) is 5.10 Å². The van der Waals surface area contributed by atoms with Gasteiger partial charge < -0.3 is 23.9 Å². The molecular weight excluding hydrogens is 402 g/mol. The zero-order chi connectivity index (χ0) is 21.8. The molecule has 0 atom stereocenters. The second-order valence-corrected chi connectivity index (χ2v) is 6.41. The fourth-order valence-corrected chi connectivity index (χ4v) is 3.03. The van der Waals surface area contributed by atoms with Gasteiger partial charge in [-0.1, -0.05) is 6.07 Å². The summed E-state index contributed by atoms with van der Waals surface area (Å²) < 4.78 is 22.6. The van der Waals surface area contributed by atoms with Crippen LogP contribution in [0.4, 0.5) is 5.95 Å². The number of aromatic nitrogens is 4. The van der Waals surface area contributed by atoms with Crippen LogP contribution in [0.3, 0.4) is 0 Å². The number of nitrogens with one attached hydrogen (secondary N) is 1. The standard InChI is InChI=1S/C21H21N5O5/c1-4-30-20(27)14-12-23-21(22-11-13-7-8-15(28-2)17(10-13)29-3)26-19(14)24-18(25-26)16-6-5-9-31-16/h5-10,12H,4,11H2,1-3H3,(H,22,23). The number of carbonyl (C=O) groups excluding carboxylic acids is 1. The highest BCUT2D eigenvalue weighted by atomic mass is 16.5. The van der Waals surface area contributed by atoms with E-state index in [1.165, 1.54) is 17.0 Å². The van der Waals surface area contributed by atoms with E-state index < -0.39 is 5.97 Å². The molecule has 0 aliphatic carbocycles. The van der Waals surface area contributed by atoms with Crippen LogP contribution in [0.15, 0.2) is 47.2 Å². The van der Waals surface area contributed by atoms with E-state index >= 15 is 0 Å². The predicted molar refractivity (Wildman–Crippen MR) is 111 cm³/mol. The Balaban J connectivity index is 1.69. The van der Waals surface area contributed by atoms with Crippen molar-refractivity contribution in [3.05, 3.63) is 53.9 Å². The number of hydrogen-bond donors (Lipinski definition) is 1. The third kappa shape index (κ3) is 4.00. The van der Waals surface area contributed by atoms with E-state index in [-0.39, 0.29) is 12.2 Å². The summed E-state index contributed by atoms with van der Waals surface area (Å²) in [5.74, 6) is 1.96. The first-order chi connectivity index (χ1) is 15.1. The van der Waals surface area contributed by atoms with Gasteiger partial charge in [-0.2, -0.15) is 4.52 Å². The van der Waals surface area contributed by atoms with Gasteiger partial charge in [0.05, 0.1) is 27.1 Å². The average Bonchev–Trinajstić information content (AvgIpc) is 3.47. The predicted octanol–water partition coefficient (Wildman–Crippen LogP) is 3.19. The summed E-state index contributed by atoms with van der Waals surface area (Å²) in [6.45, 7) is 2.40. The third-order valence-corrected chi connectivity index (χ3v) is 4.50. The Hall–Kier alpha value is -4.08. The number of anilines is 1. The summed E-state index contributed by atoms with van der Waals surface area (Å²) in [7, 11) is 3.17. The van der Waals surface area contributed by atoms with E-state index in [1.54, 1.807) is 33.3 Å². The molecule has 1 aromatic carbocycles. The monoisotopic (exact) mass is 423 g/mol. The first kappa shape index (κ1) is 20.2. The summed E-state index contributed by atoms with van der Waals surface area (Å²) in [6.07, 6.45) is 2.95. The van der Waals surface area contributed by atoms with Crippen molar-refractivity contribution in [2.45, 2.75) is 13.5 Å². The number of nitrogens with zero attached hydrogens (tertiary/aromatic N) is 4. The van der Waals surface area contributed by atoms with E-state index in [1.807, 2.05) is 18.2 Å². The van der Waals surface area contributed by atoms with Gasteiger partial charge in [0.1, 0.15) is 5.56 Å². The molecule has 3 heterocycles. The van der Waals surface area contributed by atoms with Crippen LogP contribution in [0.2, 0.25) is 0 Å². The Morgan fingerprint density at radius 3 is 2.74 bits per heavy atom. The van der Waals surface area contributed by atoms with Crippen LogP contribution in [0.1, 0.15) is 22.8 Å². The lowest BCUT2D eigenvalue weighted by Crippen LogP contribution is -2.12. The van der Waals surface area contributed by atoms with Crippen LogP contribution < -0.4 is 14.8 Å². The average molecular weight is 423 g/mol. The molecule has 0 aliphatic heterocycles. The minimum atomic E-state index is -0.523. The highest BCUT2D eigenvalue weighted by Crippen LogP contribution is 2.28. The molecule has 0 radical (unpaired) electrons. The Morgan fingerprint density at radius 2 is 2.03 bits per heavy atom. The molecule has 10 nitrogen and oxygen atoms in total. The van der Waals surface area contributed by atoms with Gasteiger partial charge in [-0.3, -0.25) is 0 Å². The summed E-state index contributed by atoms with van der Waals surface area (Å²) in [4.78, 5) is 21.2. The molecule has 10 heteroatoms. The van der Waals surface area contributed by atoms with Gasteiger partial charge in [-0.25, -0.2) is 14.8 Å². The van der Waals surface area contributed by atoms with E-state index in [2.05, 4.69) is 20.4 Å². The second kappa shape index (κ2) is 8.74. The van der Waals surface area contributed by atoms with Crippen LogP contribution in [-0.2, 0) is 11.3 Å². The number of esters is 1. The topological polar surface area (TPSA) is 113 Å². The number of ether oxygens (including phenoxy) is 3. The van der Waals surface area contributed by atoms with Crippen LogP contribution in [0.5, 0.6) is 11.5 Å². The molecule has 3 aromatic heterocycles. The molecule has 0 aliphatic rings. The van der Waals surface area contributed by atoms with Gasteiger partial charge in [0.15, 0.2) is 22.9 Å². The number of methoxy groups -OCH3 is 2. The quantitative estimate of drug-likeness (QED) is 0.427. The number of fused-ring (bicyclic) bond motifs is 1. The molecule has 160 valence electrons. The highest BCUT2D eigenvalue weighted by Gasteiger charge is 2.20. The minimum absolute atomic E-state index is 0.212. The molecule has 4 rings (SSSR count). The van der Waals surface area contributed by atoms with Gasteiger partial charge in [-0.05, 0) is 36.8 Å². The molecule has 0 unspecified atom stereocenters. The van der Waals surface area contributed by atoms with Crippen LogP contribution in [0.25, 0.3) is 17.2 Å². The molecule has 31 heavy (non-hydrogen) atoms. The van der Waals surface area contributed by atoms with Crippen LogP contribution >= 0.6 is 0 Å². The fourth-order valence-electron chi connectivity index (χ4n) is 3.03. The van der Waals surface area contributed by atoms with Crippen molar-refractivity contribution >= 4 is 17.6 Å². The van der Waals surface area contributed by atoms with Crippen molar-refractivity contribution in [2.24, 2.45) is 0 Å². The van der Waals surface area contributed by atoms with E-state index in [4.69, 9.17) is 18.6 Å². The molecule has 0 saturated heterocycles. The highest BCUT2D eigenvalue weighted by molar-refractivity contribution is 5.95. The molecule has 0 bridgehead atoms. The molecule has 4 aromatic rings. The number of hydrogen-bond acceptors (Lipinski definition) is 9. The largest absolute Gasteiger partial charge is 0.493 e. The van der Waals surface area contributed by atoms with Crippen molar-refractivity contribution in [2.75, 3.05) is 26.1 Å². The molecule has 0 fully saturated rings. The molecule has 1 N–H and O–H groups in total. The van der Waals surface area contributed by atoms with Crippen LogP contribution in [-0.4, -0.2) is 46.4 Å². The minimum Gasteiger partial charge on any atom is -0.493 e. The van der Waals surface area contributed by atoms with Gasteiger partial charge in [0.2, 0.25) is 11.8 Å². The number of benzene rings is 1. The smallest absolute Gasteiger partial charge is 0.343 e. The van der Waals surface area contributed by atoms with Crippen molar-refractivity contribution < 1.29 is 23.4 Å². The maximum Gasteiger partial charge on any atom is 0.343 e. The van der Waals surface area contributed by atoms with Gasteiger partial charge in [0, 0.05) is 12.7 Å². The molecule has 0 spiro atoms. The van der Waals surface area contributed by atoms with E-state index in [9.17, 15) is 4.79 Å². The Bertz CT molecular complexity index is 1200. The lowest BCUT2D eigenvalue weighted by molar-refractivity contribution is 0.0527. The zero-order valence-corrected chi connectivity index (χ0v) is 17.3. The Morgan fingerprint density at radius 1 is 1.19 bits per heavy atom. The van der Waals surface area contributed by atoms with Crippen molar-refractivity contribution in [1.82, 2.24) is 19.6 Å². The van der Waals surface area contributed by atoms with Crippen LogP contribution in [0, 0.1) is 0 Å². The summed E-state index contributed by atoms with van der Waals surface area (Å²) in [5, 5.41) is 7.69. The van der Waals surface area contributed by atoms with E-state index in [0.29, 0.717) is 41.2 Å². The SMILES string of the molecule is CCOC(=O)c1cnc(NCc2ccc(OC)c(OC)c2)n2nc(-c3ccco3)nc12. The van der Waals surface area contributed by atoms with Gasteiger partial charge >= 0.3 is 5.97 Å². The first-order valence-electron chi connectivity index (χ1n) is 9.56. The molecule has 0 amide bonds. The third-order valence-electron chi connectivity index (χ3n) is 4.50. The summed E-state index contributed by atoms with van der Waals surface area (Å²) >= 11 is 0. The fraction of sp³-hybridized carbons (Fsp3) is 0.238. The lowest BCUT2D eigenvalue weighted by atomic mass is 10.2. The number of rotatable bonds is 8. The first-order valence-corrected chi connectivity index (χ1v) is 9.56. The second-order valence-electron chi connectivity index (χ2n) is 6.41. The lowest BCUT2D eigenvalue weighted by Gasteiger charge is -2.11. The van der Waals surface area contributed by atoms with Crippen molar-refractivity contribution in [3.63, 3.8) is 0 Å². The van der Waals surface area contributed by atoms with Gasteiger partial charge in [0.25, 0.3) is 0 Å². The number of carbonyl (C=O) groups is 1. The maximum atomic E-state index is 12.4. The van der Waals surface area contributed by atoms with E-state index in [0.717, 1.165) is 5.56 Å². The molecular formula is C21H21N5O5. The maximum absolute atomic E-state index is 12.4. The van der Waals surface area contributed by atoms with Crippen molar-refractivity contribution in [3.8, 4) is 23.1 Å².